The highest BCUT2D eigenvalue weighted by atomic mass is 32.1. The van der Waals surface area contributed by atoms with Crippen molar-refractivity contribution in [2.75, 3.05) is 36.0 Å². The van der Waals surface area contributed by atoms with E-state index in [0.29, 0.717) is 28.6 Å². The highest BCUT2D eigenvalue weighted by Gasteiger charge is 2.19. The van der Waals surface area contributed by atoms with Gasteiger partial charge in [0.2, 0.25) is 5.91 Å². The molecule has 0 atom stereocenters. The molecule has 0 spiro atoms. The van der Waals surface area contributed by atoms with Gasteiger partial charge in [0.15, 0.2) is 5.13 Å². The van der Waals surface area contributed by atoms with Gasteiger partial charge in [-0.3, -0.25) is 15.2 Å². The summed E-state index contributed by atoms with van der Waals surface area (Å²) in [5, 5.41) is 16.8. The first kappa shape index (κ1) is 26.7. The number of pyridine rings is 1. The minimum Gasteiger partial charge on any atom is -0.383 e. The molecule has 10 nitrogen and oxygen atoms in total. The summed E-state index contributed by atoms with van der Waals surface area (Å²) in [5.41, 5.74) is 11.5. The van der Waals surface area contributed by atoms with Crippen molar-refractivity contribution in [2.45, 2.75) is 32.7 Å². The standard InChI is InChI=1S/C30H31N9OS/c1-18(40)36-30-38-24-9-8-20(15-25(24)41-30)27(31)26-28(32)34-17-35-29(26)33-16-21-14-19-6-2-3-7-22(19)37-23(21)10-13-39-11-4-5-12-39/h2-3,6-9,14-15,17,31H,4-5,10-13,16H2,1H3,(H,36,38,40)(H3,32,33,34,35). The molecule has 4 heterocycles. The van der Waals surface area contributed by atoms with Gasteiger partial charge in [-0.05, 0) is 55.8 Å². The zero-order chi connectivity index (χ0) is 28.3. The second kappa shape index (κ2) is 11.6. The maximum absolute atomic E-state index is 11.5. The summed E-state index contributed by atoms with van der Waals surface area (Å²) >= 11 is 1.36. The zero-order valence-electron chi connectivity index (χ0n) is 22.8. The molecule has 11 heteroatoms. The fourth-order valence-corrected chi connectivity index (χ4v) is 6.18. The third-order valence-corrected chi connectivity index (χ3v) is 8.22. The lowest BCUT2D eigenvalue weighted by molar-refractivity contribution is -0.114. The molecule has 5 N–H and O–H groups in total. The molecule has 2 aromatic carbocycles. The third-order valence-electron chi connectivity index (χ3n) is 7.29. The van der Waals surface area contributed by atoms with Gasteiger partial charge in [0.05, 0.1) is 27.0 Å². The van der Waals surface area contributed by atoms with E-state index in [9.17, 15) is 4.79 Å². The van der Waals surface area contributed by atoms with Crippen LogP contribution in [0.15, 0.2) is 54.9 Å². The summed E-state index contributed by atoms with van der Waals surface area (Å²) in [5.74, 6) is 0.536. The van der Waals surface area contributed by atoms with Crippen LogP contribution in [0, 0.1) is 5.41 Å². The topological polar surface area (TPSA) is 146 Å². The normalized spacial score (nSPS) is 13.6. The molecule has 0 aliphatic carbocycles. The van der Waals surface area contributed by atoms with Crippen LogP contribution < -0.4 is 16.4 Å². The second-order valence-electron chi connectivity index (χ2n) is 10.2. The second-order valence-corrected chi connectivity index (χ2v) is 11.2. The summed E-state index contributed by atoms with van der Waals surface area (Å²) in [7, 11) is 0. The van der Waals surface area contributed by atoms with Crippen molar-refractivity contribution >= 4 is 60.8 Å². The van der Waals surface area contributed by atoms with Gasteiger partial charge in [0.1, 0.15) is 18.0 Å². The Morgan fingerprint density at radius 3 is 2.73 bits per heavy atom. The van der Waals surface area contributed by atoms with Gasteiger partial charge < -0.3 is 21.3 Å². The average molecular weight is 566 g/mol. The number of benzene rings is 2. The lowest BCUT2D eigenvalue weighted by atomic mass is 10.0. The lowest BCUT2D eigenvalue weighted by Crippen LogP contribution is -2.23. The number of fused-ring (bicyclic) bond motifs is 2. The summed E-state index contributed by atoms with van der Waals surface area (Å²) < 4.78 is 0.853. The van der Waals surface area contributed by atoms with Gasteiger partial charge in [-0.25, -0.2) is 15.0 Å². The number of para-hydroxylation sites is 1. The molecular formula is C30H31N9OS. The van der Waals surface area contributed by atoms with Crippen LogP contribution in [0.25, 0.3) is 21.1 Å². The van der Waals surface area contributed by atoms with Crippen molar-refractivity contribution in [2.24, 2.45) is 0 Å². The van der Waals surface area contributed by atoms with Crippen molar-refractivity contribution in [3.63, 3.8) is 0 Å². The minimum atomic E-state index is -0.178. The SMILES string of the molecule is CC(=O)Nc1nc2ccc(C(=N)c3c(N)ncnc3NCc3cc4ccccc4nc3CCN3CCCC3)cc2s1. The number of nitrogen functional groups attached to an aromatic ring is 1. The van der Waals surface area contributed by atoms with Crippen LogP contribution in [-0.4, -0.2) is 56.1 Å². The Bertz CT molecular complexity index is 1760. The number of thiazole rings is 1. The van der Waals surface area contributed by atoms with Gasteiger partial charge in [0.25, 0.3) is 0 Å². The molecule has 1 aliphatic rings. The van der Waals surface area contributed by atoms with E-state index in [2.05, 4.69) is 48.7 Å². The average Bonchev–Trinajstić information content (AvgIpc) is 3.63. The smallest absolute Gasteiger partial charge is 0.223 e. The largest absolute Gasteiger partial charge is 0.383 e. The number of nitrogens with one attached hydrogen (secondary N) is 3. The number of carbonyl (C=O) groups is 1. The molecule has 1 amide bonds. The first-order valence-corrected chi connectivity index (χ1v) is 14.5. The Kier molecular flexibility index (Phi) is 7.53. The first-order chi connectivity index (χ1) is 19.9. The van der Waals surface area contributed by atoms with Crippen molar-refractivity contribution in [3.05, 3.63) is 77.2 Å². The number of hydrogen-bond acceptors (Lipinski definition) is 10. The summed E-state index contributed by atoms with van der Waals surface area (Å²) in [6.45, 7) is 5.21. The van der Waals surface area contributed by atoms with Gasteiger partial charge in [0, 0.05) is 43.1 Å². The maximum atomic E-state index is 11.5. The molecule has 1 saturated heterocycles. The molecule has 1 aliphatic heterocycles. The number of nitrogens with zero attached hydrogens (tertiary/aromatic N) is 5. The Balaban J connectivity index is 1.27. The van der Waals surface area contributed by atoms with Gasteiger partial charge in [-0.1, -0.05) is 35.6 Å². The highest BCUT2D eigenvalue weighted by Crippen LogP contribution is 2.29. The van der Waals surface area contributed by atoms with E-state index in [1.807, 2.05) is 30.3 Å². The predicted molar refractivity (Wildman–Crippen MR) is 165 cm³/mol. The van der Waals surface area contributed by atoms with E-state index in [1.54, 1.807) is 0 Å². The third kappa shape index (κ3) is 5.86. The molecule has 0 bridgehead atoms. The maximum Gasteiger partial charge on any atom is 0.223 e. The van der Waals surface area contributed by atoms with E-state index in [1.165, 1.54) is 37.4 Å². The van der Waals surface area contributed by atoms with E-state index < -0.39 is 0 Å². The zero-order valence-corrected chi connectivity index (χ0v) is 23.6. The van der Waals surface area contributed by atoms with E-state index in [4.69, 9.17) is 16.1 Å². The van der Waals surface area contributed by atoms with E-state index >= 15 is 0 Å². The number of carbonyl (C=O) groups excluding carboxylic acids is 1. The number of aromatic nitrogens is 4. The van der Waals surface area contributed by atoms with Crippen molar-refractivity contribution in [3.8, 4) is 0 Å². The number of likely N-dealkylation sites (tertiary alicyclic amines) is 1. The Morgan fingerprint density at radius 1 is 1.07 bits per heavy atom. The Labute approximate surface area is 241 Å². The van der Waals surface area contributed by atoms with Crippen molar-refractivity contribution in [1.29, 1.82) is 5.41 Å². The van der Waals surface area contributed by atoms with Crippen LogP contribution in [-0.2, 0) is 17.8 Å². The molecule has 3 aromatic heterocycles. The Hall–Kier alpha value is -4.48. The van der Waals surface area contributed by atoms with Crippen LogP contribution in [0.4, 0.5) is 16.8 Å². The Morgan fingerprint density at radius 2 is 1.90 bits per heavy atom. The minimum absolute atomic E-state index is 0.178. The monoisotopic (exact) mass is 565 g/mol. The molecule has 5 aromatic rings. The number of rotatable bonds is 9. The molecular weight excluding hydrogens is 534 g/mol. The van der Waals surface area contributed by atoms with E-state index in [0.717, 1.165) is 58.4 Å². The summed E-state index contributed by atoms with van der Waals surface area (Å²) in [6, 6.07) is 15.9. The molecule has 1 fully saturated rings. The van der Waals surface area contributed by atoms with Crippen LogP contribution >= 0.6 is 11.3 Å². The number of anilines is 3. The van der Waals surface area contributed by atoms with Gasteiger partial charge in [-0.15, -0.1) is 0 Å². The number of amides is 1. The van der Waals surface area contributed by atoms with Gasteiger partial charge in [-0.2, -0.15) is 0 Å². The summed E-state index contributed by atoms with van der Waals surface area (Å²) in [4.78, 5) is 32.1. The molecule has 6 rings (SSSR count). The quantitative estimate of drug-likeness (QED) is 0.186. The highest BCUT2D eigenvalue weighted by molar-refractivity contribution is 7.22. The molecule has 41 heavy (non-hydrogen) atoms. The summed E-state index contributed by atoms with van der Waals surface area (Å²) in [6.07, 6.45) is 4.80. The van der Waals surface area contributed by atoms with Crippen LogP contribution in [0.1, 0.15) is 42.1 Å². The van der Waals surface area contributed by atoms with Crippen molar-refractivity contribution < 1.29 is 4.79 Å². The predicted octanol–water partition coefficient (Wildman–Crippen LogP) is 4.84. The molecule has 0 radical (unpaired) electrons. The van der Waals surface area contributed by atoms with Gasteiger partial charge >= 0.3 is 0 Å². The molecule has 0 unspecified atom stereocenters. The number of nitrogens with two attached hydrogens (primary N) is 1. The van der Waals surface area contributed by atoms with E-state index in [-0.39, 0.29) is 17.4 Å². The van der Waals surface area contributed by atoms with Crippen LogP contribution in [0.3, 0.4) is 0 Å². The molecule has 0 saturated carbocycles. The van der Waals surface area contributed by atoms with Crippen LogP contribution in [0.2, 0.25) is 0 Å². The number of hydrogen-bond donors (Lipinski definition) is 4. The fourth-order valence-electron chi connectivity index (χ4n) is 5.23. The van der Waals surface area contributed by atoms with Crippen molar-refractivity contribution in [1.82, 2.24) is 24.8 Å². The molecule has 208 valence electrons. The van der Waals surface area contributed by atoms with Crippen LogP contribution in [0.5, 0.6) is 0 Å². The fraction of sp³-hybridized carbons (Fsp3) is 0.267. The lowest BCUT2D eigenvalue weighted by Gasteiger charge is -2.18. The first-order valence-electron chi connectivity index (χ1n) is 13.7.